The van der Waals surface area contributed by atoms with Gasteiger partial charge in [0.25, 0.3) is 5.91 Å². The number of benzene rings is 1. The highest BCUT2D eigenvalue weighted by molar-refractivity contribution is 6.05. The van der Waals surface area contributed by atoms with Crippen molar-refractivity contribution < 1.29 is 4.79 Å². The molecule has 1 aromatic carbocycles. The van der Waals surface area contributed by atoms with E-state index < -0.39 is 0 Å². The van der Waals surface area contributed by atoms with Gasteiger partial charge < -0.3 is 19.9 Å². The molecule has 0 aliphatic rings. The lowest BCUT2D eigenvalue weighted by atomic mass is 10.2. The lowest BCUT2D eigenvalue weighted by Crippen LogP contribution is -2.12. The third-order valence-corrected chi connectivity index (χ3v) is 4.46. The van der Waals surface area contributed by atoms with E-state index in [1.165, 1.54) is 0 Å². The van der Waals surface area contributed by atoms with E-state index in [0.29, 0.717) is 11.4 Å². The average Bonchev–Trinajstić information content (AvgIpc) is 3.13. The first-order chi connectivity index (χ1) is 14.0. The van der Waals surface area contributed by atoms with Crippen LogP contribution in [-0.4, -0.2) is 34.4 Å². The first-order valence-electron chi connectivity index (χ1n) is 9.26. The predicted molar refractivity (Wildman–Crippen MR) is 116 cm³/mol. The van der Waals surface area contributed by atoms with Crippen molar-refractivity contribution in [1.82, 2.24) is 14.4 Å². The summed E-state index contributed by atoms with van der Waals surface area (Å²) in [5.41, 5.74) is 3.20. The Hall–Kier alpha value is -3.87. The van der Waals surface area contributed by atoms with E-state index in [1.54, 1.807) is 0 Å². The molecule has 29 heavy (non-hydrogen) atoms. The molecule has 0 aliphatic heterocycles. The van der Waals surface area contributed by atoms with Crippen molar-refractivity contribution in [2.24, 2.45) is 0 Å². The van der Waals surface area contributed by atoms with Crippen LogP contribution in [0, 0.1) is 6.92 Å². The highest BCUT2D eigenvalue weighted by atomic mass is 16.1. The summed E-state index contributed by atoms with van der Waals surface area (Å²) in [7, 11) is 3.88. The van der Waals surface area contributed by atoms with Gasteiger partial charge in [0.05, 0.1) is 5.56 Å². The number of carbonyl (C=O) groups is 1. The van der Waals surface area contributed by atoms with Crippen molar-refractivity contribution in [3.05, 3.63) is 78.4 Å². The second-order valence-corrected chi connectivity index (χ2v) is 6.97. The second-order valence-electron chi connectivity index (χ2n) is 6.97. The van der Waals surface area contributed by atoms with Gasteiger partial charge in [0.2, 0.25) is 0 Å². The largest absolute Gasteiger partial charge is 0.363 e. The topological polar surface area (TPSA) is 74.6 Å². The number of anilines is 4. The maximum absolute atomic E-state index is 12.5. The molecule has 7 heteroatoms. The molecular formula is C22H22N6O. The van der Waals surface area contributed by atoms with E-state index in [-0.39, 0.29) is 5.91 Å². The molecule has 0 radical (unpaired) electrons. The third kappa shape index (κ3) is 4.19. The SMILES string of the molecule is Cc1nc(Nc2ccc(NC(=O)c3cc4ccccn4c3)cc2)cc(N(C)C)n1. The summed E-state index contributed by atoms with van der Waals surface area (Å²) in [4.78, 5) is 23.3. The van der Waals surface area contributed by atoms with Crippen LogP contribution in [0.1, 0.15) is 16.2 Å². The predicted octanol–water partition coefficient (Wildman–Crippen LogP) is 4.10. The van der Waals surface area contributed by atoms with Crippen molar-refractivity contribution in [3.63, 3.8) is 0 Å². The molecule has 1 amide bonds. The van der Waals surface area contributed by atoms with Gasteiger partial charge in [0.1, 0.15) is 17.5 Å². The molecule has 0 saturated heterocycles. The fraction of sp³-hybridized carbons (Fsp3) is 0.136. The van der Waals surface area contributed by atoms with Gasteiger partial charge in [-0.15, -0.1) is 0 Å². The maximum Gasteiger partial charge on any atom is 0.257 e. The number of carbonyl (C=O) groups excluding carboxylic acids is 1. The van der Waals surface area contributed by atoms with Gasteiger partial charge in [-0.3, -0.25) is 4.79 Å². The second kappa shape index (κ2) is 7.63. The number of hydrogen-bond donors (Lipinski definition) is 2. The summed E-state index contributed by atoms with van der Waals surface area (Å²) in [5, 5.41) is 6.21. The van der Waals surface area contributed by atoms with Gasteiger partial charge in [0.15, 0.2) is 0 Å². The van der Waals surface area contributed by atoms with Crippen LogP contribution in [-0.2, 0) is 0 Å². The zero-order valence-corrected chi connectivity index (χ0v) is 16.5. The first kappa shape index (κ1) is 18.5. The molecule has 0 saturated carbocycles. The van der Waals surface area contributed by atoms with E-state index in [1.807, 2.05) is 97.3 Å². The Morgan fingerprint density at radius 3 is 2.48 bits per heavy atom. The molecule has 3 heterocycles. The number of fused-ring (bicyclic) bond motifs is 1. The molecule has 0 unspecified atom stereocenters. The molecule has 0 spiro atoms. The molecular weight excluding hydrogens is 364 g/mol. The lowest BCUT2D eigenvalue weighted by Gasteiger charge is -2.14. The summed E-state index contributed by atoms with van der Waals surface area (Å²) < 4.78 is 1.92. The van der Waals surface area contributed by atoms with Crippen LogP contribution in [0.3, 0.4) is 0 Å². The molecule has 0 bridgehead atoms. The maximum atomic E-state index is 12.5. The quantitative estimate of drug-likeness (QED) is 0.540. The summed E-state index contributed by atoms with van der Waals surface area (Å²) in [6.45, 7) is 1.86. The first-order valence-corrected chi connectivity index (χ1v) is 9.26. The Kier molecular flexibility index (Phi) is 4.87. The van der Waals surface area contributed by atoms with Crippen molar-refractivity contribution >= 4 is 34.4 Å². The Morgan fingerprint density at radius 2 is 1.76 bits per heavy atom. The molecule has 2 N–H and O–H groups in total. The number of nitrogens with zero attached hydrogens (tertiary/aromatic N) is 4. The van der Waals surface area contributed by atoms with E-state index in [4.69, 9.17) is 0 Å². The minimum Gasteiger partial charge on any atom is -0.363 e. The minimum atomic E-state index is -0.142. The molecule has 3 aromatic heterocycles. The molecule has 0 fully saturated rings. The zero-order chi connectivity index (χ0) is 20.4. The summed E-state index contributed by atoms with van der Waals surface area (Å²) in [6, 6.07) is 17.1. The molecule has 0 aliphatic carbocycles. The van der Waals surface area contributed by atoms with Crippen molar-refractivity contribution in [3.8, 4) is 0 Å². The van der Waals surface area contributed by atoms with Crippen LogP contribution in [0.5, 0.6) is 0 Å². The van der Waals surface area contributed by atoms with Gasteiger partial charge in [-0.2, -0.15) is 0 Å². The fourth-order valence-corrected chi connectivity index (χ4v) is 3.01. The van der Waals surface area contributed by atoms with Crippen LogP contribution >= 0.6 is 0 Å². The fourth-order valence-electron chi connectivity index (χ4n) is 3.01. The van der Waals surface area contributed by atoms with Crippen LogP contribution in [0.4, 0.5) is 23.0 Å². The normalized spacial score (nSPS) is 10.7. The standard InChI is InChI=1S/C22H22N6O/c1-15-23-20(13-21(24-15)27(2)3)25-17-7-9-18(10-8-17)26-22(29)16-12-19-6-4-5-11-28(19)14-16/h4-14H,1-3H3,(H,26,29)(H,23,24,25). The number of pyridine rings is 1. The monoisotopic (exact) mass is 386 g/mol. The van der Waals surface area contributed by atoms with Crippen molar-refractivity contribution in [2.75, 3.05) is 29.6 Å². The molecule has 146 valence electrons. The van der Waals surface area contributed by atoms with Crippen molar-refractivity contribution in [1.29, 1.82) is 0 Å². The summed E-state index contributed by atoms with van der Waals surface area (Å²) in [6.07, 6.45) is 3.74. The molecule has 4 rings (SSSR count). The van der Waals surface area contributed by atoms with Crippen LogP contribution < -0.4 is 15.5 Å². The Bertz CT molecular complexity index is 1130. The number of aryl methyl sites for hydroxylation is 1. The number of hydrogen-bond acceptors (Lipinski definition) is 5. The smallest absolute Gasteiger partial charge is 0.257 e. The molecule has 0 atom stereocenters. The average molecular weight is 386 g/mol. The number of amides is 1. The van der Waals surface area contributed by atoms with Gasteiger partial charge in [-0.05, 0) is 49.4 Å². The molecule has 7 nitrogen and oxygen atoms in total. The van der Waals surface area contributed by atoms with Crippen molar-refractivity contribution in [2.45, 2.75) is 6.92 Å². The summed E-state index contributed by atoms with van der Waals surface area (Å²) >= 11 is 0. The van der Waals surface area contributed by atoms with E-state index in [0.717, 1.165) is 28.5 Å². The third-order valence-electron chi connectivity index (χ3n) is 4.46. The summed E-state index contributed by atoms with van der Waals surface area (Å²) in [5.74, 6) is 2.11. The van der Waals surface area contributed by atoms with Gasteiger partial charge in [-0.1, -0.05) is 6.07 Å². The Balaban J connectivity index is 1.46. The Labute approximate surface area is 169 Å². The highest BCUT2D eigenvalue weighted by Gasteiger charge is 2.09. The minimum absolute atomic E-state index is 0.142. The van der Waals surface area contributed by atoms with Crippen LogP contribution in [0.25, 0.3) is 5.52 Å². The zero-order valence-electron chi connectivity index (χ0n) is 16.5. The molecule has 4 aromatic rings. The number of aromatic nitrogens is 3. The lowest BCUT2D eigenvalue weighted by molar-refractivity contribution is 0.102. The van der Waals surface area contributed by atoms with Gasteiger partial charge in [0, 0.05) is 49.4 Å². The number of nitrogens with one attached hydrogen (secondary N) is 2. The van der Waals surface area contributed by atoms with E-state index in [9.17, 15) is 4.79 Å². The van der Waals surface area contributed by atoms with Crippen LogP contribution in [0.15, 0.2) is 67.0 Å². The van der Waals surface area contributed by atoms with E-state index in [2.05, 4.69) is 20.6 Å². The number of rotatable bonds is 5. The van der Waals surface area contributed by atoms with Crippen LogP contribution in [0.2, 0.25) is 0 Å². The van der Waals surface area contributed by atoms with E-state index >= 15 is 0 Å². The van der Waals surface area contributed by atoms with Gasteiger partial charge >= 0.3 is 0 Å². The highest BCUT2D eigenvalue weighted by Crippen LogP contribution is 2.21. The van der Waals surface area contributed by atoms with Gasteiger partial charge in [-0.25, -0.2) is 9.97 Å². The Morgan fingerprint density at radius 1 is 1.00 bits per heavy atom.